The molecule has 1 fully saturated rings. The number of nitrogens with zero attached hydrogens (tertiary/aromatic N) is 3. The highest BCUT2D eigenvalue weighted by Crippen LogP contribution is 2.25. The molecule has 1 unspecified atom stereocenters. The van der Waals surface area contributed by atoms with Crippen molar-refractivity contribution in [1.29, 1.82) is 0 Å². The molecule has 2 heterocycles. The molecule has 1 aromatic rings. The minimum atomic E-state index is 0.338. The fraction of sp³-hybridized carbons (Fsp3) is 0.667. The Morgan fingerprint density at radius 3 is 3.06 bits per heavy atom. The van der Waals surface area contributed by atoms with Gasteiger partial charge in [0.15, 0.2) is 0 Å². The smallest absolute Gasteiger partial charge is 0.223 e. The summed E-state index contributed by atoms with van der Waals surface area (Å²) in [6, 6.07) is 1.97. The molecule has 1 saturated heterocycles. The Labute approximate surface area is 102 Å². The minimum absolute atomic E-state index is 0.338. The molecule has 0 aliphatic carbocycles. The van der Waals surface area contributed by atoms with Gasteiger partial charge in [0, 0.05) is 26.2 Å². The first kappa shape index (κ1) is 12.0. The van der Waals surface area contributed by atoms with Crippen molar-refractivity contribution in [1.82, 2.24) is 9.97 Å². The van der Waals surface area contributed by atoms with Gasteiger partial charge in [0.05, 0.1) is 0 Å². The number of nitrogens with one attached hydrogen (secondary N) is 1. The maximum atomic E-state index is 5.72. The predicted octanol–water partition coefficient (Wildman–Crippen LogP) is 1.73. The largest absolute Gasteiger partial charge is 0.373 e. The van der Waals surface area contributed by atoms with Crippen molar-refractivity contribution in [3.63, 3.8) is 0 Å². The minimum Gasteiger partial charge on any atom is -0.373 e. The zero-order valence-corrected chi connectivity index (χ0v) is 10.6. The molecule has 1 aliphatic heterocycles. The fourth-order valence-electron chi connectivity index (χ4n) is 2.35. The second-order valence-corrected chi connectivity index (χ2v) is 4.58. The molecule has 1 atom stereocenters. The molecule has 17 heavy (non-hydrogen) atoms. The van der Waals surface area contributed by atoms with Gasteiger partial charge in [0.25, 0.3) is 0 Å². The third-order valence-corrected chi connectivity index (χ3v) is 3.41. The number of aromatic nitrogens is 2. The van der Waals surface area contributed by atoms with Crippen LogP contribution in [-0.2, 0) is 0 Å². The maximum absolute atomic E-state index is 5.72. The van der Waals surface area contributed by atoms with E-state index in [0.29, 0.717) is 5.95 Å². The van der Waals surface area contributed by atoms with Gasteiger partial charge < -0.3 is 16.0 Å². The molecule has 5 nitrogen and oxygen atoms in total. The first-order valence-corrected chi connectivity index (χ1v) is 6.30. The molecule has 0 saturated carbocycles. The highest BCUT2D eigenvalue weighted by molar-refractivity contribution is 5.52. The molecule has 2 rings (SSSR count). The Hall–Kier alpha value is -1.52. The van der Waals surface area contributed by atoms with Crippen molar-refractivity contribution in [2.45, 2.75) is 26.2 Å². The van der Waals surface area contributed by atoms with Crippen molar-refractivity contribution < 1.29 is 0 Å². The van der Waals surface area contributed by atoms with Gasteiger partial charge >= 0.3 is 0 Å². The first-order valence-electron chi connectivity index (χ1n) is 6.30. The van der Waals surface area contributed by atoms with Crippen LogP contribution >= 0.6 is 0 Å². The van der Waals surface area contributed by atoms with E-state index in [2.05, 4.69) is 27.1 Å². The van der Waals surface area contributed by atoms with Gasteiger partial charge in [-0.15, -0.1) is 0 Å². The van der Waals surface area contributed by atoms with Crippen molar-refractivity contribution >= 4 is 17.6 Å². The van der Waals surface area contributed by atoms with E-state index < -0.39 is 0 Å². The van der Waals surface area contributed by atoms with Gasteiger partial charge in [0.1, 0.15) is 11.6 Å². The molecule has 0 aromatic carbocycles. The third-order valence-electron chi connectivity index (χ3n) is 3.41. The summed E-state index contributed by atoms with van der Waals surface area (Å²) in [7, 11) is 1.84. The van der Waals surface area contributed by atoms with Crippen LogP contribution in [0, 0.1) is 5.92 Å². The van der Waals surface area contributed by atoms with Crippen LogP contribution in [0.15, 0.2) is 6.07 Å². The summed E-state index contributed by atoms with van der Waals surface area (Å²) in [5, 5.41) is 3.01. The van der Waals surface area contributed by atoms with Gasteiger partial charge in [-0.25, -0.2) is 0 Å². The van der Waals surface area contributed by atoms with Gasteiger partial charge in [-0.3, -0.25) is 0 Å². The lowest BCUT2D eigenvalue weighted by Crippen LogP contribution is -2.35. The zero-order chi connectivity index (χ0) is 12.3. The topological polar surface area (TPSA) is 67.1 Å². The number of anilines is 3. The summed E-state index contributed by atoms with van der Waals surface area (Å²) >= 11 is 0. The zero-order valence-electron chi connectivity index (χ0n) is 10.6. The third kappa shape index (κ3) is 2.78. The van der Waals surface area contributed by atoms with Crippen LogP contribution in [0.3, 0.4) is 0 Å². The highest BCUT2D eigenvalue weighted by atomic mass is 15.2. The van der Waals surface area contributed by atoms with Crippen LogP contribution in [0.4, 0.5) is 17.6 Å². The van der Waals surface area contributed by atoms with Crippen molar-refractivity contribution in [3.8, 4) is 0 Å². The van der Waals surface area contributed by atoms with Crippen molar-refractivity contribution in [3.05, 3.63) is 6.07 Å². The maximum Gasteiger partial charge on any atom is 0.223 e. The van der Waals surface area contributed by atoms with Gasteiger partial charge in [-0.05, 0) is 18.8 Å². The Balaban J connectivity index is 2.18. The standard InChI is InChI=1S/C12H21N5/c1-3-9-5-4-6-17(8-9)11-7-10(14-2)15-12(13)16-11/h7,9H,3-6,8H2,1-2H3,(H3,13,14,15,16). The van der Waals surface area contributed by atoms with Crippen molar-refractivity contribution in [2.24, 2.45) is 5.92 Å². The van der Waals surface area contributed by atoms with Crippen LogP contribution in [0.5, 0.6) is 0 Å². The van der Waals surface area contributed by atoms with Crippen LogP contribution in [-0.4, -0.2) is 30.1 Å². The molecule has 94 valence electrons. The van der Waals surface area contributed by atoms with Gasteiger partial charge in [-0.1, -0.05) is 13.3 Å². The molecular weight excluding hydrogens is 214 g/mol. The molecule has 3 N–H and O–H groups in total. The summed E-state index contributed by atoms with van der Waals surface area (Å²) in [6.45, 7) is 4.40. The van der Waals surface area contributed by atoms with Crippen LogP contribution in [0.2, 0.25) is 0 Å². The van der Waals surface area contributed by atoms with Crippen LogP contribution < -0.4 is 16.0 Å². The average Bonchev–Trinajstić information content (AvgIpc) is 2.38. The lowest BCUT2D eigenvalue weighted by molar-refractivity contribution is 0.403. The van der Waals surface area contributed by atoms with E-state index in [1.807, 2.05) is 13.1 Å². The van der Waals surface area contributed by atoms with E-state index >= 15 is 0 Å². The van der Waals surface area contributed by atoms with Gasteiger partial charge in [-0.2, -0.15) is 9.97 Å². The Morgan fingerprint density at radius 2 is 2.35 bits per heavy atom. The summed E-state index contributed by atoms with van der Waals surface area (Å²) in [6.07, 6.45) is 3.79. The first-order chi connectivity index (χ1) is 8.22. The van der Waals surface area contributed by atoms with E-state index in [0.717, 1.165) is 30.6 Å². The molecule has 5 heteroatoms. The van der Waals surface area contributed by atoms with Crippen LogP contribution in [0.25, 0.3) is 0 Å². The molecule has 1 aliphatic rings. The lowest BCUT2D eigenvalue weighted by atomic mass is 9.96. The van der Waals surface area contributed by atoms with E-state index in [1.165, 1.54) is 19.3 Å². The number of nitrogens with two attached hydrogens (primary N) is 1. The van der Waals surface area contributed by atoms with Gasteiger partial charge in [0.2, 0.25) is 5.95 Å². The number of hydrogen-bond donors (Lipinski definition) is 2. The van der Waals surface area contributed by atoms with E-state index in [-0.39, 0.29) is 0 Å². The Bertz CT molecular complexity index is 379. The quantitative estimate of drug-likeness (QED) is 0.835. The molecule has 0 spiro atoms. The van der Waals surface area contributed by atoms with Crippen molar-refractivity contribution in [2.75, 3.05) is 36.1 Å². The molecule has 1 aromatic heterocycles. The second-order valence-electron chi connectivity index (χ2n) is 4.58. The SMILES string of the molecule is CCC1CCCN(c2cc(NC)nc(N)n2)C1. The number of piperidine rings is 1. The summed E-state index contributed by atoms with van der Waals surface area (Å²) in [5.74, 6) is 2.84. The fourth-order valence-corrected chi connectivity index (χ4v) is 2.35. The predicted molar refractivity (Wildman–Crippen MR) is 71.2 cm³/mol. The monoisotopic (exact) mass is 235 g/mol. The summed E-state index contributed by atoms with van der Waals surface area (Å²) < 4.78 is 0. The van der Waals surface area contributed by atoms with E-state index in [9.17, 15) is 0 Å². The van der Waals surface area contributed by atoms with E-state index in [1.54, 1.807) is 0 Å². The molecule has 0 amide bonds. The summed E-state index contributed by atoms with van der Waals surface area (Å²) in [4.78, 5) is 10.8. The number of nitrogen functional groups attached to an aromatic ring is 1. The number of rotatable bonds is 3. The Kier molecular flexibility index (Phi) is 3.66. The normalized spacial score (nSPS) is 20.4. The summed E-state index contributed by atoms with van der Waals surface area (Å²) in [5.41, 5.74) is 5.72. The van der Waals surface area contributed by atoms with E-state index in [4.69, 9.17) is 5.73 Å². The average molecular weight is 235 g/mol. The van der Waals surface area contributed by atoms with Crippen LogP contribution in [0.1, 0.15) is 26.2 Å². The number of hydrogen-bond acceptors (Lipinski definition) is 5. The lowest BCUT2D eigenvalue weighted by Gasteiger charge is -2.33. The Morgan fingerprint density at radius 1 is 1.53 bits per heavy atom. The second kappa shape index (κ2) is 5.21. The molecule has 0 bridgehead atoms. The molecular formula is C12H21N5. The molecule has 0 radical (unpaired) electrons. The highest BCUT2D eigenvalue weighted by Gasteiger charge is 2.20.